The molecule has 0 atom stereocenters. The van der Waals surface area contributed by atoms with Gasteiger partial charge in [0.05, 0.1) is 10.7 Å². The largest absolute Gasteiger partial charge is 0.325 e. The molecule has 4 aromatic rings. The fourth-order valence-corrected chi connectivity index (χ4v) is 3.83. The highest BCUT2D eigenvalue weighted by Crippen LogP contribution is 2.28. The number of nitro benzene ring substituents is 1. The molecule has 160 valence electrons. The molecule has 0 unspecified atom stereocenters. The number of nitrogens with zero attached hydrogens (tertiary/aromatic N) is 4. The molecule has 1 amide bonds. The number of para-hydroxylation sites is 1. The van der Waals surface area contributed by atoms with Gasteiger partial charge in [-0.2, -0.15) is 0 Å². The Morgan fingerprint density at radius 1 is 1.00 bits per heavy atom. The molecule has 8 nitrogen and oxygen atoms in total. The zero-order chi connectivity index (χ0) is 22.5. The smallest absolute Gasteiger partial charge is 0.269 e. The van der Waals surface area contributed by atoms with Crippen LogP contribution in [0.1, 0.15) is 0 Å². The van der Waals surface area contributed by atoms with Gasteiger partial charge in [-0.15, -0.1) is 10.2 Å². The Hall–Kier alpha value is -3.69. The van der Waals surface area contributed by atoms with Gasteiger partial charge in [-0.05, 0) is 48.5 Å². The van der Waals surface area contributed by atoms with Gasteiger partial charge in [0.25, 0.3) is 5.69 Å². The number of nitrogens with one attached hydrogen (secondary N) is 1. The number of halogens is 1. The Balaban J connectivity index is 1.53. The van der Waals surface area contributed by atoms with E-state index in [0.717, 1.165) is 11.3 Å². The van der Waals surface area contributed by atoms with Crippen LogP contribution in [0.25, 0.3) is 17.1 Å². The van der Waals surface area contributed by atoms with Crippen LogP contribution in [-0.2, 0) is 4.79 Å². The molecule has 0 saturated heterocycles. The summed E-state index contributed by atoms with van der Waals surface area (Å²) in [5.41, 5.74) is 2.14. The van der Waals surface area contributed by atoms with Crippen LogP contribution < -0.4 is 5.32 Å². The lowest BCUT2D eigenvalue weighted by Gasteiger charge is -2.10. The van der Waals surface area contributed by atoms with Crippen LogP contribution in [0, 0.1) is 10.1 Å². The van der Waals surface area contributed by atoms with Gasteiger partial charge >= 0.3 is 0 Å². The van der Waals surface area contributed by atoms with E-state index in [2.05, 4.69) is 15.5 Å². The second kappa shape index (κ2) is 9.63. The lowest BCUT2D eigenvalue weighted by Crippen LogP contribution is -2.14. The molecule has 1 aromatic heterocycles. The van der Waals surface area contributed by atoms with Crippen molar-refractivity contribution in [3.05, 3.63) is 94.0 Å². The van der Waals surface area contributed by atoms with Crippen LogP contribution in [0.5, 0.6) is 0 Å². The van der Waals surface area contributed by atoms with E-state index in [1.165, 1.54) is 36.0 Å². The third-order valence-electron chi connectivity index (χ3n) is 4.44. The summed E-state index contributed by atoms with van der Waals surface area (Å²) in [6, 6.07) is 22.6. The van der Waals surface area contributed by atoms with Crippen molar-refractivity contribution in [3.8, 4) is 17.1 Å². The number of rotatable bonds is 7. The first kappa shape index (κ1) is 21.5. The summed E-state index contributed by atoms with van der Waals surface area (Å²) in [6.07, 6.45) is 0. The van der Waals surface area contributed by atoms with E-state index in [1.54, 1.807) is 12.1 Å². The highest BCUT2D eigenvalue weighted by Gasteiger charge is 2.17. The Morgan fingerprint density at radius 3 is 2.34 bits per heavy atom. The molecule has 10 heteroatoms. The molecule has 3 aromatic carbocycles. The van der Waals surface area contributed by atoms with Crippen LogP contribution in [-0.4, -0.2) is 31.3 Å². The number of thioether (sulfide) groups is 1. The first-order chi connectivity index (χ1) is 15.5. The molecule has 1 N–H and O–H groups in total. The summed E-state index contributed by atoms with van der Waals surface area (Å²) in [5.74, 6) is 0.452. The molecule has 0 saturated carbocycles. The molecule has 0 spiro atoms. The monoisotopic (exact) mass is 465 g/mol. The summed E-state index contributed by atoms with van der Waals surface area (Å²) in [7, 11) is 0. The average Bonchev–Trinajstić information content (AvgIpc) is 3.23. The quantitative estimate of drug-likeness (QED) is 0.228. The van der Waals surface area contributed by atoms with Crippen molar-refractivity contribution in [2.24, 2.45) is 0 Å². The van der Waals surface area contributed by atoms with Crippen LogP contribution in [0.4, 0.5) is 11.4 Å². The van der Waals surface area contributed by atoms with Gasteiger partial charge in [0.1, 0.15) is 0 Å². The van der Waals surface area contributed by atoms with Gasteiger partial charge in [-0.1, -0.05) is 41.6 Å². The molecular weight excluding hydrogens is 450 g/mol. The maximum atomic E-state index is 12.4. The van der Waals surface area contributed by atoms with Crippen molar-refractivity contribution >= 4 is 40.6 Å². The van der Waals surface area contributed by atoms with E-state index in [1.807, 2.05) is 47.0 Å². The van der Waals surface area contributed by atoms with Gasteiger partial charge < -0.3 is 5.32 Å². The van der Waals surface area contributed by atoms with E-state index in [-0.39, 0.29) is 17.3 Å². The van der Waals surface area contributed by atoms with Crippen LogP contribution in [0.3, 0.4) is 0 Å². The minimum atomic E-state index is -0.490. The predicted octanol–water partition coefficient (Wildman–Crippen LogP) is 5.23. The molecular formula is C22H16ClN5O3S. The Bertz CT molecular complexity index is 1250. The van der Waals surface area contributed by atoms with Gasteiger partial charge in [-0.3, -0.25) is 19.5 Å². The van der Waals surface area contributed by atoms with E-state index in [0.29, 0.717) is 21.7 Å². The van der Waals surface area contributed by atoms with Gasteiger partial charge in [0.15, 0.2) is 11.0 Å². The zero-order valence-electron chi connectivity index (χ0n) is 16.5. The summed E-state index contributed by atoms with van der Waals surface area (Å²) in [6.45, 7) is 0. The zero-order valence-corrected chi connectivity index (χ0v) is 18.1. The van der Waals surface area contributed by atoms with Crippen molar-refractivity contribution in [2.75, 3.05) is 11.1 Å². The molecule has 0 bridgehead atoms. The van der Waals surface area contributed by atoms with E-state index >= 15 is 0 Å². The standard InChI is InChI=1S/C22H16ClN5O3S/c23-16-8-6-15(7-9-16)21-25-26-22(27(21)18-4-2-1-3-5-18)32-14-20(29)24-17-10-12-19(13-11-17)28(30)31/h1-13H,14H2,(H,24,29). The lowest BCUT2D eigenvalue weighted by molar-refractivity contribution is -0.384. The third-order valence-corrected chi connectivity index (χ3v) is 5.63. The van der Waals surface area contributed by atoms with Crippen molar-refractivity contribution < 1.29 is 9.72 Å². The fourth-order valence-electron chi connectivity index (χ4n) is 2.95. The topological polar surface area (TPSA) is 103 Å². The average molecular weight is 466 g/mol. The number of carbonyl (C=O) groups excluding carboxylic acids is 1. The minimum absolute atomic E-state index is 0.0388. The first-order valence-electron chi connectivity index (χ1n) is 9.45. The molecule has 0 radical (unpaired) electrons. The maximum Gasteiger partial charge on any atom is 0.269 e. The predicted molar refractivity (Wildman–Crippen MR) is 124 cm³/mol. The number of carbonyl (C=O) groups is 1. The molecule has 4 rings (SSSR count). The number of aromatic nitrogens is 3. The van der Waals surface area contributed by atoms with Gasteiger partial charge in [0.2, 0.25) is 5.91 Å². The van der Waals surface area contributed by atoms with Gasteiger partial charge in [-0.25, -0.2) is 0 Å². The van der Waals surface area contributed by atoms with Gasteiger partial charge in [0, 0.05) is 34.1 Å². The number of hydrogen-bond acceptors (Lipinski definition) is 6. The van der Waals surface area contributed by atoms with Crippen LogP contribution in [0.15, 0.2) is 84.0 Å². The summed E-state index contributed by atoms with van der Waals surface area (Å²) >= 11 is 7.25. The van der Waals surface area contributed by atoms with E-state index in [9.17, 15) is 14.9 Å². The highest BCUT2D eigenvalue weighted by atomic mass is 35.5. The molecule has 1 heterocycles. The van der Waals surface area contributed by atoms with Crippen molar-refractivity contribution in [3.63, 3.8) is 0 Å². The number of hydrogen-bond donors (Lipinski definition) is 1. The fraction of sp³-hybridized carbons (Fsp3) is 0.0455. The second-order valence-electron chi connectivity index (χ2n) is 6.62. The number of non-ortho nitro benzene ring substituents is 1. The maximum absolute atomic E-state index is 12.4. The van der Waals surface area contributed by atoms with Crippen molar-refractivity contribution in [1.82, 2.24) is 14.8 Å². The van der Waals surface area contributed by atoms with Crippen LogP contribution in [0.2, 0.25) is 5.02 Å². The number of benzene rings is 3. The van der Waals surface area contributed by atoms with Crippen molar-refractivity contribution in [2.45, 2.75) is 5.16 Å². The SMILES string of the molecule is O=C(CSc1nnc(-c2ccc(Cl)cc2)n1-c1ccccc1)Nc1ccc([N+](=O)[O-])cc1. The van der Waals surface area contributed by atoms with E-state index in [4.69, 9.17) is 11.6 Å². The summed E-state index contributed by atoms with van der Waals surface area (Å²) in [5, 5.41) is 23.3. The Morgan fingerprint density at radius 2 is 1.69 bits per heavy atom. The number of anilines is 1. The second-order valence-corrected chi connectivity index (χ2v) is 8.00. The molecule has 32 heavy (non-hydrogen) atoms. The van der Waals surface area contributed by atoms with E-state index < -0.39 is 4.92 Å². The Kier molecular flexibility index (Phi) is 6.48. The summed E-state index contributed by atoms with van der Waals surface area (Å²) < 4.78 is 1.88. The molecule has 0 fully saturated rings. The number of amides is 1. The van der Waals surface area contributed by atoms with Crippen LogP contribution >= 0.6 is 23.4 Å². The number of nitro groups is 1. The normalized spacial score (nSPS) is 10.7. The lowest BCUT2D eigenvalue weighted by atomic mass is 10.2. The molecule has 0 aliphatic rings. The minimum Gasteiger partial charge on any atom is -0.325 e. The summed E-state index contributed by atoms with van der Waals surface area (Å²) in [4.78, 5) is 22.7. The Labute approximate surface area is 192 Å². The molecule has 0 aliphatic carbocycles. The first-order valence-corrected chi connectivity index (χ1v) is 10.8. The molecule has 0 aliphatic heterocycles. The highest BCUT2D eigenvalue weighted by molar-refractivity contribution is 7.99. The third kappa shape index (κ3) is 4.96. The van der Waals surface area contributed by atoms with Crippen molar-refractivity contribution in [1.29, 1.82) is 0 Å².